The molecule has 1 aliphatic heterocycles. The van der Waals surface area contributed by atoms with E-state index in [1.54, 1.807) is 18.2 Å². The second-order valence-corrected chi connectivity index (χ2v) is 9.39. The van der Waals surface area contributed by atoms with E-state index >= 15 is 0 Å². The van der Waals surface area contributed by atoms with E-state index in [-0.39, 0.29) is 17.1 Å². The minimum absolute atomic E-state index is 0.136. The van der Waals surface area contributed by atoms with Gasteiger partial charge in [-0.3, -0.25) is 0 Å². The molecule has 1 aromatic carbocycles. The third-order valence-corrected chi connectivity index (χ3v) is 6.49. The number of hydrogen-bond donors (Lipinski definition) is 1. The summed E-state index contributed by atoms with van der Waals surface area (Å²) in [6.07, 6.45) is 4.34. The molecule has 0 spiro atoms. The molecule has 0 amide bonds. The highest BCUT2D eigenvalue weighted by molar-refractivity contribution is 7.88. The van der Waals surface area contributed by atoms with E-state index in [1.165, 1.54) is 0 Å². The van der Waals surface area contributed by atoms with E-state index < -0.39 is 15.6 Å². The predicted molar refractivity (Wildman–Crippen MR) is 113 cm³/mol. The molecule has 1 saturated heterocycles. The smallest absolute Gasteiger partial charge is 0.491 e. The van der Waals surface area contributed by atoms with Gasteiger partial charge in [0.05, 0.1) is 17.8 Å². The first-order valence-corrected chi connectivity index (χ1v) is 12.1. The standard InChI is InChI=1S/C21H29F3N2O4S/c1-3-5-11-26-12-9-15(10-13-26)18-20(30-31(27,28)21(22,23)24)16-7-6-8-17(19(16)25-18)29-14-4-2/h6-8,15,25H,3-5,9-14H2,1-2H3. The Morgan fingerprint density at radius 1 is 1.16 bits per heavy atom. The SMILES string of the molecule is CCCCN1CCC(c2[nH]c3c(OCCC)cccc3c2OS(=O)(=O)C(F)(F)F)CC1. The fraction of sp³-hybridized carbons (Fsp3) is 0.619. The number of aromatic nitrogens is 1. The summed E-state index contributed by atoms with van der Waals surface area (Å²) in [5.41, 5.74) is -4.68. The van der Waals surface area contributed by atoms with Crippen LogP contribution in [0.4, 0.5) is 13.2 Å². The van der Waals surface area contributed by atoms with Gasteiger partial charge in [0.2, 0.25) is 0 Å². The normalized spacial score (nSPS) is 16.7. The van der Waals surface area contributed by atoms with Crippen LogP contribution in [0.5, 0.6) is 11.5 Å². The number of ether oxygens (including phenoxy) is 1. The Labute approximate surface area is 180 Å². The number of alkyl halides is 3. The van der Waals surface area contributed by atoms with Crippen LogP contribution in [-0.2, 0) is 10.1 Å². The average molecular weight is 463 g/mol. The Balaban J connectivity index is 1.99. The first-order valence-electron chi connectivity index (χ1n) is 10.7. The fourth-order valence-electron chi connectivity index (χ4n) is 3.88. The molecule has 2 heterocycles. The van der Waals surface area contributed by atoms with Gasteiger partial charge in [0, 0.05) is 11.3 Å². The number of rotatable bonds is 9. The highest BCUT2D eigenvalue weighted by Gasteiger charge is 2.49. The zero-order valence-electron chi connectivity index (χ0n) is 17.8. The minimum atomic E-state index is -5.80. The molecule has 1 fully saturated rings. The molecule has 0 bridgehead atoms. The number of fused-ring (bicyclic) bond motifs is 1. The maximum atomic E-state index is 13.1. The number of H-pyrrole nitrogens is 1. The molecule has 31 heavy (non-hydrogen) atoms. The molecule has 1 aromatic heterocycles. The predicted octanol–water partition coefficient (Wildman–Crippen LogP) is 5.16. The molecule has 6 nitrogen and oxygen atoms in total. The maximum Gasteiger partial charge on any atom is 0.534 e. The molecule has 174 valence electrons. The van der Waals surface area contributed by atoms with Crippen molar-refractivity contribution in [2.24, 2.45) is 0 Å². The molecular formula is C21H29F3N2O4S. The first kappa shape index (κ1) is 23.7. The summed E-state index contributed by atoms with van der Waals surface area (Å²) >= 11 is 0. The molecule has 1 N–H and O–H groups in total. The van der Waals surface area contributed by atoms with Crippen molar-refractivity contribution in [3.05, 3.63) is 23.9 Å². The van der Waals surface area contributed by atoms with Crippen LogP contribution in [-0.4, -0.2) is 50.1 Å². The van der Waals surface area contributed by atoms with Crippen LogP contribution >= 0.6 is 0 Å². The van der Waals surface area contributed by atoms with E-state index in [2.05, 4.69) is 16.8 Å². The van der Waals surface area contributed by atoms with Crippen molar-refractivity contribution in [1.29, 1.82) is 0 Å². The summed E-state index contributed by atoms with van der Waals surface area (Å²) in [5.74, 6) is 0.0456. The molecule has 1 aliphatic rings. The number of aromatic amines is 1. The Hall–Kier alpha value is -1.94. The lowest BCUT2D eigenvalue weighted by Crippen LogP contribution is -2.34. The summed E-state index contributed by atoms with van der Waals surface area (Å²) in [4.78, 5) is 5.47. The van der Waals surface area contributed by atoms with Crippen LogP contribution in [0, 0.1) is 0 Å². The number of benzene rings is 1. The third kappa shape index (κ3) is 5.28. The van der Waals surface area contributed by atoms with Gasteiger partial charge in [-0.1, -0.05) is 26.3 Å². The number of hydrogen-bond acceptors (Lipinski definition) is 5. The number of piperidine rings is 1. The molecule has 0 radical (unpaired) electrons. The van der Waals surface area contributed by atoms with Crippen LogP contribution in [0.25, 0.3) is 10.9 Å². The number of para-hydroxylation sites is 1. The molecule has 2 aromatic rings. The molecule has 10 heteroatoms. The molecule has 0 saturated carbocycles. The number of unbranched alkanes of at least 4 members (excludes halogenated alkanes) is 1. The van der Waals surface area contributed by atoms with Gasteiger partial charge in [0.25, 0.3) is 0 Å². The van der Waals surface area contributed by atoms with Gasteiger partial charge in [0.15, 0.2) is 5.75 Å². The molecule has 3 rings (SSSR count). The van der Waals surface area contributed by atoms with Crippen molar-refractivity contribution in [1.82, 2.24) is 9.88 Å². The summed E-state index contributed by atoms with van der Waals surface area (Å²) in [5, 5.41) is 0.268. The Morgan fingerprint density at radius 3 is 2.48 bits per heavy atom. The number of likely N-dealkylation sites (tertiary alicyclic amines) is 1. The van der Waals surface area contributed by atoms with Gasteiger partial charge in [-0.2, -0.15) is 21.6 Å². The average Bonchev–Trinajstić information content (AvgIpc) is 3.08. The number of halogens is 3. The zero-order valence-corrected chi connectivity index (χ0v) is 18.6. The van der Waals surface area contributed by atoms with Crippen LogP contribution in [0.15, 0.2) is 18.2 Å². The largest absolute Gasteiger partial charge is 0.534 e. The summed E-state index contributed by atoms with van der Waals surface area (Å²) in [6, 6.07) is 4.87. The Bertz CT molecular complexity index is 980. The van der Waals surface area contributed by atoms with E-state index in [0.717, 1.165) is 38.9 Å². The molecular weight excluding hydrogens is 433 g/mol. The lowest BCUT2D eigenvalue weighted by Gasteiger charge is -2.31. The van der Waals surface area contributed by atoms with Crippen LogP contribution in [0.2, 0.25) is 0 Å². The van der Waals surface area contributed by atoms with Gasteiger partial charge in [-0.15, -0.1) is 0 Å². The van der Waals surface area contributed by atoms with Crippen molar-refractivity contribution in [2.75, 3.05) is 26.2 Å². The Morgan fingerprint density at radius 2 is 1.87 bits per heavy atom. The van der Waals surface area contributed by atoms with Gasteiger partial charge in [0.1, 0.15) is 5.75 Å². The van der Waals surface area contributed by atoms with Gasteiger partial charge < -0.3 is 18.8 Å². The first-order chi connectivity index (χ1) is 14.7. The second kappa shape index (κ2) is 9.68. The fourth-order valence-corrected chi connectivity index (χ4v) is 4.37. The molecule has 0 aliphatic carbocycles. The Kier molecular flexibility index (Phi) is 7.41. The van der Waals surface area contributed by atoms with Gasteiger partial charge >= 0.3 is 15.6 Å². The highest BCUT2D eigenvalue weighted by atomic mass is 32.2. The summed E-state index contributed by atoms with van der Waals surface area (Å²) in [7, 11) is -5.80. The van der Waals surface area contributed by atoms with Gasteiger partial charge in [-0.05, 0) is 57.5 Å². The lowest BCUT2D eigenvalue weighted by molar-refractivity contribution is -0.0499. The summed E-state index contributed by atoms with van der Waals surface area (Å²) < 4.78 is 73.2. The van der Waals surface area contributed by atoms with Gasteiger partial charge in [-0.25, -0.2) is 0 Å². The lowest BCUT2D eigenvalue weighted by atomic mass is 9.93. The summed E-state index contributed by atoms with van der Waals surface area (Å²) in [6.45, 7) is 7.07. The number of nitrogens with zero attached hydrogens (tertiary/aromatic N) is 1. The highest BCUT2D eigenvalue weighted by Crippen LogP contribution is 2.43. The monoisotopic (exact) mass is 462 g/mol. The van der Waals surface area contributed by atoms with Crippen LogP contribution in [0.1, 0.15) is 57.6 Å². The van der Waals surface area contributed by atoms with Crippen molar-refractivity contribution in [3.8, 4) is 11.5 Å². The van der Waals surface area contributed by atoms with E-state index in [4.69, 9.17) is 8.92 Å². The quantitative estimate of drug-likeness (QED) is 0.412. The van der Waals surface area contributed by atoms with E-state index in [0.29, 0.717) is 36.4 Å². The number of nitrogens with one attached hydrogen (secondary N) is 1. The zero-order chi connectivity index (χ0) is 22.6. The van der Waals surface area contributed by atoms with E-state index in [9.17, 15) is 21.6 Å². The second-order valence-electron chi connectivity index (χ2n) is 7.85. The third-order valence-electron chi connectivity index (χ3n) is 5.54. The topological polar surface area (TPSA) is 71.6 Å². The maximum absolute atomic E-state index is 13.1. The van der Waals surface area contributed by atoms with Crippen molar-refractivity contribution < 1.29 is 30.5 Å². The van der Waals surface area contributed by atoms with Crippen molar-refractivity contribution in [3.63, 3.8) is 0 Å². The molecule has 0 unspecified atom stereocenters. The van der Waals surface area contributed by atoms with Crippen molar-refractivity contribution in [2.45, 2.75) is 57.4 Å². The van der Waals surface area contributed by atoms with Crippen LogP contribution in [0.3, 0.4) is 0 Å². The van der Waals surface area contributed by atoms with Crippen molar-refractivity contribution >= 4 is 21.0 Å². The minimum Gasteiger partial charge on any atom is -0.491 e. The van der Waals surface area contributed by atoms with Crippen LogP contribution < -0.4 is 8.92 Å². The molecule has 0 atom stereocenters. The van der Waals surface area contributed by atoms with E-state index in [1.807, 2.05) is 6.92 Å².